The topological polar surface area (TPSA) is 83.6 Å². The number of primary amides is 1. The van der Waals surface area contributed by atoms with E-state index in [-0.39, 0.29) is 6.54 Å². The Kier molecular flexibility index (Phi) is 2.93. The van der Waals surface area contributed by atoms with Gasteiger partial charge in [0.15, 0.2) is 0 Å². The van der Waals surface area contributed by atoms with Crippen molar-refractivity contribution in [1.29, 1.82) is 0 Å². The van der Waals surface area contributed by atoms with E-state index in [1.54, 1.807) is 16.2 Å². The first-order valence-electron chi connectivity index (χ1n) is 4.91. The molecule has 0 bridgehead atoms. The van der Waals surface area contributed by atoms with Crippen LogP contribution >= 0.6 is 11.3 Å². The highest BCUT2D eigenvalue weighted by molar-refractivity contribution is 7.10. The van der Waals surface area contributed by atoms with E-state index in [0.717, 1.165) is 16.9 Å². The minimum atomic E-state index is -0.930. The van der Waals surface area contributed by atoms with E-state index >= 15 is 0 Å². The number of carboxylic acid groups (broad SMARTS) is 1. The molecule has 6 heteroatoms. The average molecular weight is 240 g/mol. The van der Waals surface area contributed by atoms with Gasteiger partial charge in [-0.15, -0.1) is 11.3 Å². The van der Waals surface area contributed by atoms with Crippen molar-refractivity contribution in [1.82, 2.24) is 4.90 Å². The summed E-state index contributed by atoms with van der Waals surface area (Å²) in [5.41, 5.74) is 5.91. The van der Waals surface area contributed by atoms with Crippen LogP contribution in [0.15, 0.2) is 11.4 Å². The molecule has 0 spiro atoms. The summed E-state index contributed by atoms with van der Waals surface area (Å²) in [6.45, 7) is 0.555. The molecule has 3 N–H and O–H groups in total. The molecule has 16 heavy (non-hydrogen) atoms. The van der Waals surface area contributed by atoms with Crippen LogP contribution in [0.2, 0.25) is 0 Å². The van der Waals surface area contributed by atoms with Gasteiger partial charge in [-0.2, -0.15) is 0 Å². The number of nitrogens with zero attached hydrogens (tertiary/aromatic N) is 1. The van der Waals surface area contributed by atoms with Gasteiger partial charge in [0, 0.05) is 11.4 Å². The zero-order chi connectivity index (χ0) is 11.7. The molecule has 86 valence electrons. The number of carboxylic acids is 1. The molecule has 0 radical (unpaired) electrons. The molecule has 0 fully saturated rings. The minimum Gasteiger partial charge on any atom is -0.480 e. The molecule has 1 aromatic heterocycles. The number of thiophene rings is 1. The van der Waals surface area contributed by atoms with Crippen LogP contribution in [0.4, 0.5) is 0 Å². The van der Waals surface area contributed by atoms with Crippen molar-refractivity contribution >= 4 is 23.2 Å². The van der Waals surface area contributed by atoms with Crippen LogP contribution in [0.5, 0.6) is 0 Å². The summed E-state index contributed by atoms with van der Waals surface area (Å²) < 4.78 is 0. The zero-order valence-electron chi connectivity index (χ0n) is 8.55. The van der Waals surface area contributed by atoms with Crippen molar-refractivity contribution in [2.24, 2.45) is 5.73 Å². The largest absolute Gasteiger partial charge is 0.480 e. The third-order valence-electron chi connectivity index (χ3n) is 2.66. The predicted octanol–water partition coefficient (Wildman–Crippen LogP) is 0.217. The average Bonchev–Trinajstić information content (AvgIpc) is 2.63. The highest BCUT2D eigenvalue weighted by Crippen LogP contribution is 2.32. The maximum atomic E-state index is 11.2. The summed E-state index contributed by atoms with van der Waals surface area (Å²) in [4.78, 5) is 24.8. The van der Waals surface area contributed by atoms with Crippen molar-refractivity contribution in [2.75, 3.05) is 13.1 Å². The first-order valence-corrected chi connectivity index (χ1v) is 5.79. The minimum absolute atomic E-state index is 0.00769. The number of carbonyl (C=O) groups excluding carboxylic acids is 1. The van der Waals surface area contributed by atoms with E-state index in [1.165, 1.54) is 0 Å². The summed E-state index contributed by atoms with van der Waals surface area (Å²) in [6, 6.07) is 1.08. The van der Waals surface area contributed by atoms with Crippen molar-refractivity contribution in [3.05, 3.63) is 21.9 Å². The first kappa shape index (κ1) is 11.1. The third kappa shape index (κ3) is 1.94. The lowest BCUT2D eigenvalue weighted by molar-refractivity contribution is -0.144. The summed E-state index contributed by atoms with van der Waals surface area (Å²) in [7, 11) is 0. The number of hydrogen-bond acceptors (Lipinski definition) is 4. The fraction of sp³-hybridized carbons (Fsp3) is 0.400. The number of aliphatic carboxylic acids is 1. The second-order valence-electron chi connectivity index (χ2n) is 3.73. The normalized spacial score (nSPS) is 20.4. The van der Waals surface area contributed by atoms with Crippen molar-refractivity contribution < 1.29 is 14.7 Å². The smallest absolute Gasteiger partial charge is 0.325 e. The lowest BCUT2D eigenvalue weighted by Crippen LogP contribution is -2.43. The molecular weight excluding hydrogens is 228 g/mol. The summed E-state index contributed by atoms with van der Waals surface area (Å²) in [5.74, 6) is -1.43. The maximum Gasteiger partial charge on any atom is 0.325 e. The Bertz CT molecular complexity index is 429. The third-order valence-corrected chi connectivity index (χ3v) is 3.66. The Morgan fingerprint density at radius 2 is 2.38 bits per heavy atom. The van der Waals surface area contributed by atoms with Crippen LogP contribution < -0.4 is 5.73 Å². The van der Waals surface area contributed by atoms with E-state index in [1.807, 2.05) is 11.4 Å². The number of fused-ring (bicyclic) bond motifs is 1. The molecule has 2 rings (SSSR count). The highest BCUT2D eigenvalue weighted by atomic mass is 32.1. The Morgan fingerprint density at radius 3 is 3.00 bits per heavy atom. The molecule has 1 atom stereocenters. The lowest BCUT2D eigenvalue weighted by Gasteiger charge is -2.31. The molecule has 1 unspecified atom stereocenters. The van der Waals surface area contributed by atoms with Crippen molar-refractivity contribution in [3.8, 4) is 0 Å². The molecule has 2 heterocycles. The quantitative estimate of drug-likeness (QED) is 0.791. The maximum absolute atomic E-state index is 11.2. The van der Waals surface area contributed by atoms with Gasteiger partial charge in [-0.1, -0.05) is 0 Å². The van der Waals surface area contributed by atoms with E-state index in [2.05, 4.69) is 0 Å². The SMILES string of the molecule is NC(=O)CN1CCc2sccc2C1C(=O)O. The van der Waals surface area contributed by atoms with E-state index in [9.17, 15) is 14.7 Å². The van der Waals surface area contributed by atoms with Crippen LogP contribution in [-0.4, -0.2) is 35.0 Å². The van der Waals surface area contributed by atoms with E-state index in [0.29, 0.717) is 6.54 Å². The van der Waals surface area contributed by atoms with Crippen LogP contribution in [0.25, 0.3) is 0 Å². The summed E-state index contributed by atoms with van der Waals surface area (Å²) >= 11 is 1.56. The number of nitrogens with two attached hydrogens (primary N) is 1. The Morgan fingerprint density at radius 1 is 1.62 bits per heavy atom. The molecule has 5 nitrogen and oxygen atoms in total. The molecule has 0 saturated carbocycles. The number of rotatable bonds is 3. The lowest BCUT2D eigenvalue weighted by atomic mass is 10.00. The number of carbonyl (C=O) groups is 2. The fourth-order valence-corrected chi connectivity index (χ4v) is 2.93. The van der Waals surface area contributed by atoms with Crippen LogP contribution in [-0.2, 0) is 16.0 Å². The van der Waals surface area contributed by atoms with Crippen molar-refractivity contribution in [3.63, 3.8) is 0 Å². The Hall–Kier alpha value is -1.40. The van der Waals surface area contributed by atoms with E-state index < -0.39 is 17.9 Å². The summed E-state index contributed by atoms with van der Waals surface area (Å²) in [6.07, 6.45) is 0.782. The van der Waals surface area contributed by atoms with Gasteiger partial charge in [-0.25, -0.2) is 0 Å². The van der Waals surface area contributed by atoms with E-state index in [4.69, 9.17) is 5.73 Å². The van der Waals surface area contributed by atoms with Gasteiger partial charge in [0.25, 0.3) is 0 Å². The van der Waals surface area contributed by atoms with Gasteiger partial charge < -0.3 is 10.8 Å². The van der Waals surface area contributed by atoms with Crippen LogP contribution in [0, 0.1) is 0 Å². The molecule has 0 saturated heterocycles. The monoisotopic (exact) mass is 240 g/mol. The number of hydrogen-bond donors (Lipinski definition) is 2. The molecule has 0 aliphatic carbocycles. The van der Waals surface area contributed by atoms with Gasteiger partial charge >= 0.3 is 5.97 Å². The second-order valence-corrected chi connectivity index (χ2v) is 4.73. The Balaban J connectivity index is 2.30. The highest BCUT2D eigenvalue weighted by Gasteiger charge is 2.34. The molecule has 1 amide bonds. The first-order chi connectivity index (χ1) is 7.59. The summed E-state index contributed by atoms with van der Waals surface area (Å²) in [5, 5.41) is 11.1. The molecular formula is C10H12N2O3S. The van der Waals surface area contributed by atoms with Gasteiger partial charge in [0.2, 0.25) is 5.91 Å². The van der Waals surface area contributed by atoms with Gasteiger partial charge in [-0.05, 0) is 23.4 Å². The molecule has 1 aliphatic rings. The van der Waals surface area contributed by atoms with Crippen LogP contribution in [0.1, 0.15) is 16.5 Å². The standard InChI is InChI=1S/C10H12N2O3S/c11-8(13)5-12-3-1-7-6(2-4-16-7)9(12)10(14)15/h2,4,9H,1,3,5H2,(H2,11,13)(H,14,15). The van der Waals surface area contributed by atoms with Crippen LogP contribution in [0.3, 0.4) is 0 Å². The van der Waals surface area contributed by atoms with Crippen molar-refractivity contribution in [2.45, 2.75) is 12.5 Å². The zero-order valence-corrected chi connectivity index (χ0v) is 9.37. The fourth-order valence-electron chi connectivity index (χ4n) is 2.03. The molecule has 1 aliphatic heterocycles. The van der Waals surface area contributed by atoms with Gasteiger partial charge in [0.05, 0.1) is 6.54 Å². The Labute approximate surface area is 96.5 Å². The predicted molar refractivity (Wildman–Crippen MR) is 59.2 cm³/mol. The van der Waals surface area contributed by atoms with Gasteiger partial charge in [-0.3, -0.25) is 14.5 Å². The second kappa shape index (κ2) is 4.23. The van der Waals surface area contributed by atoms with Gasteiger partial charge in [0.1, 0.15) is 6.04 Å². The number of amides is 1. The molecule has 1 aromatic rings. The molecule has 0 aromatic carbocycles.